The Morgan fingerprint density at radius 3 is 2.24 bits per heavy atom. The number of rotatable bonds is 4. The average Bonchev–Trinajstić information content (AvgIpc) is 2.92. The minimum absolute atomic E-state index is 0.144. The molecule has 0 saturated heterocycles. The molecule has 0 atom stereocenters. The number of hydrogen-bond acceptors (Lipinski definition) is 2. The van der Waals surface area contributed by atoms with Gasteiger partial charge in [0, 0.05) is 18.4 Å². The van der Waals surface area contributed by atoms with Crippen molar-refractivity contribution in [1.29, 1.82) is 0 Å². The molecule has 0 bridgehead atoms. The summed E-state index contributed by atoms with van der Waals surface area (Å²) in [5, 5.41) is 2.68. The van der Waals surface area contributed by atoms with Gasteiger partial charge < -0.3 is 11.1 Å². The first-order chi connectivity index (χ1) is 9.99. The highest BCUT2D eigenvalue weighted by Crippen LogP contribution is 2.16. The van der Waals surface area contributed by atoms with Crippen molar-refractivity contribution in [3.05, 3.63) is 35.9 Å². The lowest BCUT2D eigenvalue weighted by Gasteiger charge is -2.07. The van der Waals surface area contributed by atoms with E-state index in [9.17, 15) is 9.59 Å². The molecule has 1 aromatic rings. The van der Waals surface area contributed by atoms with Crippen molar-refractivity contribution in [3.8, 4) is 0 Å². The van der Waals surface area contributed by atoms with E-state index in [4.69, 9.17) is 5.73 Å². The van der Waals surface area contributed by atoms with Gasteiger partial charge in [0.05, 0.1) is 0 Å². The number of Topliss-reactive ketones (excluding diaryl/α,β-unsaturated/α-hetero) is 1. The molecule has 1 saturated carbocycles. The molecule has 0 spiro atoms. The number of hydrogen-bond donors (Lipinski definition) is 2. The summed E-state index contributed by atoms with van der Waals surface area (Å²) in [5.74, 6) is 0.450. The van der Waals surface area contributed by atoms with Crippen LogP contribution in [0.5, 0.6) is 0 Å². The summed E-state index contributed by atoms with van der Waals surface area (Å²) in [4.78, 5) is 21.6. The molecule has 1 aliphatic rings. The molecule has 4 heteroatoms. The van der Waals surface area contributed by atoms with E-state index in [0.717, 1.165) is 18.4 Å². The van der Waals surface area contributed by atoms with Gasteiger partial charge in [0.15, 0.2) is 0 Å². The van der Waals surface area contributed by atoms with E-state index >= 15 is 0 Å². The lowest BCUT2D eigenvalue weighted by molar-refractivity contribution is -0.121. The van der Waals surface area contributed by atoms with Crippen molar-refractivity contribution < 1.29 is 9.59 Å². The third-order valence-electron chi connectivity index (χ3n) is 3.57. The van der Waals surface area contributed by atoms with E-state index in [2.05, 4.69) is 5.32 Å². The van der Waals surface area contributed by atoms with Crippen molar-refractivity contribution in [3.63, 3.8) is 0 Å². The standard InChI is InChI=1S/C11H14O.C6H12N2O/c1-9(2)11(12)8-10-6-4-3-5-7-10;7-6(9)8-5-3-1-2-4-5/h3-7,9H,8H2,1-2H3;5H,1-4H2,(H3,7,8,9). The smallest absolute Gasteiger partial charge is 0.312 e. The fraction of sp³-hybridized carbons (Fsp3) is 0.529. The Labute approximate surface area is 127 Å². The number of nitrogens with two attached hydrogens (primary N) is 1. The largest absolute Gasteiger partial charge is 0.352 e. The van der Waals surface area contributed by atoms with Crippen LogP contribution in [0.25, 0.3) is 0 Å². The van der Waals surface area contributed by atoms with Gasteiger partial charge in [0.2, 0.25) is 0 Å². The molecule has 116 valence electrons. The maximum absolute atomic E-state index is 11.3. The Kier molecular flexibility index (Phi) is 7.51. The zero-order valence-corrected chi connectivity index (χ0v) is 13.0. The predicted octanol–water partition coefficient (Wildman–Crippen LogP) is 3.05. The van der Waals surface area contributed by atoms with E-state index in [1.165, 1.54) is 12.8 Å². The molecule has 0 aliphatic heterocycles. The van der Waals surface area contributed by atoms with Gasteiger partial charge in [-0.2, -0.15) is 0 Å². The third-order valence-corrected chi connectivity index (χ3v) is 3.57. The normalized spacial score (nSPS) is 14.4. The van der Waals surface area contributed by atoms with E-state index in [1.807, 2.05) is 44.2 Å². The maximum Gasteiger partial charge on any atom is 0.312 e. The first kappa shape index (κ1) is 17.2. The van der Waals surface area contributed by atoms with E-state index in [-0.39, 0.29) is 11.9 Å². The summed E-state index contributed by atoms with van der Waals surface area (Å²) in [6, 6.07) is 9.83. The van der Waals surface area contributed by atoms with Crippen LogP contribution in [0.15, 0.2) is 30.3 Å². The van der Waals surface area contributed by atoms with Gasteiger partial charge in [0.25, 0.3) is 0 Å². The molecule has 0 aromatic heterocycles. The van der Waals surface area contributed by atoms with Crippen LogP contribution >= 0.6 is 0 Å². The highest BCUT2D eigenvalue weighted by Gasteiger charge is 2.14. The van der Waals surface area contributed by atoms with Crippen LogP contribution < -0.4 is 11.1 Å². The van der Waals surface area contributed by atoms with E-state index in [1.54, 1.807) is 0 Å². The minimum Gasteiger partial charge on any atom is -0.352 e. The summed E-state index contributed by atoms with van der Waals surface area (Å²) in [6.45, 7) is 3.87. The highest BCUT2D eigenvalue weighted by molar-refractivity contribution is 5.82. The van der Waals surface area contributed by atoms with Gasteiger partial charge in [-0.15, -0.1) is 0 Å². The zero-order chi connectivity index (χ0) is 15.7. The molecule has 1 fully saturated rings. The third kappa shape index (κ3) is 7.49. The SMILES string of the molecule is CC(C)C(=O)Cc1ccccc1.NC(=O)NC1CCCC1. The van der Waals surface area contributed by atoms with Gasteiger partial charge in [-0.05, 0) is 18.4 Å². The maximum atomic E-state index is 11.3. The first-order valence-electron chi connectivity index (χ1n) is 7.61. The van der Waals surface area contributed by atoms with Crippen molar-refractivity contribution in [2.75, 3.05) is 0 Å². The number of carbonyl (C=O) groups excluding carboxylic acids is 2. The molecular formula is C17H26N2O2. The van der Waals surface area contributed by atoms with Gasteiger partial charge in [0.1, 0.15) is 5.78 Å². The lowest BCUT2D eigenvalue weighted by atomic mass is 10.0. The van der Waals surface area contributed by atoms with Crippen LogP contribution in [0.4, 0.5) is 4.79 Å². The van der Waals surface area contributed by atoms with Gasteiger partial charge in [-0.3, -0.25) is 4.79 Å². The first-order valence-corrected chi connectivity index (χ1v) is 7.61. The second-order valence-corrected chi connectivity index (χ2v) is 5.77. The molecule has 0 heterocycles. The predicted molar refractivity (Wildman–Crippen MR) is 85.0 cm³/mol. The number of nitrogens with one attached hydrogen (secondary N) is 1. The van der Waals surface area contributed by atoms with Gasteiger partial charge in [-0.25, -0.2) is 4.79 Å². The molecule has 2 amide bonds. The summed E-state index contributed by atoms with van der Waals surface area (Å²) in [6.07, 6.45) is 5.22. The monoisotopic (exact) mass is 290 g/mol. The Balaban J connectivity index is 0.000000219. The number of amides is 2. The molecule has 0 unspecified atom stereocenters. The molecular weight excluding hydrogens is 264 g/mol. The van der Waals surface area contributed by atoms with Crippen LogP contribution in [0.1, 0.15) is 45.1 Å². The summed E-state index contributed by atoms with van der Waals surface area (Å²) in [5.41, 5.74) is 6.03. The minimum atomic E-state index is -0.387. The van der Waals surface area contributed by atoms with Crippen molar-refractivity contribution in [1.82, 2.24) is 5.32 Å². The molecule has 1 aliphatic carbocycles. The lowest BCUT2D eigenvalue weighted by Crippen LogP contribution is -2.36. The summed E-state index contributed by atoms with van der Waals surface area (Å²) in [7, 11) is 0. The van der Waals surface area contributed by atoms with Crippen LogP contribution in [-0.4, -0.2) is 17.9 Å². The second-order valence-electron chi connectivity index (χ2n) is 5.77. The molecule has 1 aromatic carbocycles. The number of ketones is 1. The fourth-order valence-electron chi connectivity index (χ4n) is 2.27. The number of primary amides is 1. The topological polar surface area (TPSA) is 72.2 Å². The Hall–Kier alpha value is -1.84. The van der Waals surface area contributed by atoms with Crippen LogP contribution in [-0.2, 0) is 11.2 Å². The number of carbonyl (C=O) groups is 2. The van der Waals surface area contributed by atoms with Crippen LogP contribution in [0, 0.1) is 5.92 Å². The van der Waals surface area contributed by atoms with Gasteiger partial charge in [-0.1, -0.05) is 57.0 Å². The zero-order valence-electron chi connectivity index (χ0n) is 13.0. The summed E-state index contributed by atoms with van der Waals surface area (Å²) >= 11 is 0. The second kappa shape index (κ2) is 9.16. The van der Waals surface area contributed by atoms with Crippen molar-refractivity contribution in [2.24, 2.45) is 11.7 Å². The Morgan fingerprint density at radius 1 is 1.19 bits per heavy atom. The molecule has 2 rings (SSSR count). The van der Waals surface area contributed by atoms with E-state index < -0.39 is 0 Å². The Morgan fingerprint density at radius 2 is 1.76 bits per heavy atom. The highest BCUT2D eigenvalue weighted by atomic mass is 16.2. The molecule has 3 N–H and O–H groups in total. The van der Waals surface area contributed by atoms with Crippen molar-refractivity contribution >= 4 is 11.8 Å². The quantitative estimate of drug-likeness (QED) is 0.894. The van der Waals surface area contributed by atoms with Crippen molar-refractivity contribution in [2.45, 2.75) is 52.0 Å². The average molecular weight is 290 g/mol. The molecule has 21 heavy (non-hydrogen) atoms. The molecule has 0 radical (unpaired) electrons. The molecule has 4 nitrogen and oxygen atoms in total. The van der Waals surface area contributed by atoms with Gasteiger partial charge >= 0.3 is 6.03 Å². The van der Waals surface area contributed by atoms with E-state index in [0.29, 0.717) is 18.2 Å². The fourth-order valence-corrected chi connectivity index (χ4v) is 2.27. The summed E-state index contributed by atoms with van der Waals surface area (Å²) < 4.78 is 0. The van der Waals surface area contributed by atoms with Crippen LogP contribution in [0.3, 0.4) is 0 Å². The number of benzene rings is 1. The van der Waals surface area contributed by atoms with Crippen LogP contribution in [0.2, 0.25) is 0 Å². The number of urea groups is 1. The Bertz CT molecular complexity index is 437.